The molecular formula is C24H20N2O2. The van der Waals surface area contributed by atoms with Crippen molar-refractivity contribution in [3.05, 3.63) is 80.1 Å². The van der Waals surface area contributed by atoms with Crippen molar-refractivity contribution in [2.24, 2.45) is 14.1 Å². The van der Waals surface area contributed by atoms with Gasteiger partial charge >= 0.3 is 0 Å². The van der Waals surface area contributed by atoms with E-state index in [9.17, 15) is 9.59 Å². The van der Waals surface area contributed by atoms with Crippen molar-refractivity contribution in [2.75, 3.05) is 0 Å². The molecule has 0 aliphatic heterocycles. The van der Waals surface area contributed by atoms with Gasteiger partial charge in [0.2, 0.25) is 0 Å². The maximum absolute atomic E-state index is 13.4. The van der Waals surface area contributed by atoms with Gasteiger partial charge in [-0.2, -0.15) is 0 Å². The van der Waals surface area contributed by atoms with E-state index in [1.807, 2.05) is 49.2 Å². The summed E-state index contributed by atoms with van der Waals surface area (Å²) in [7, 11) is 3.72. The van der Waals surface area contributed by atoms with E-state index < -0.39 is 0 Å². The summed E-state index contributed by atoms with van der Waals surface area (Å²) in [5.74, 6) is 0. The van der Waals surface area contributed by atoms with Gasteiger partial charge in [-0.15, -0.1) is 0 Å². The van der Waals surface area contributed by atoms with Crippen molar-refractivity contribution in [3.8, 4) is 0 Å². The van der Waals surface area contributed by atoms with Gasteiger partial charge in [-0.3, -0.25) is 9.59 Å². The molecule has 0 bridgehead atoms. The lowest BCUT2D eigenvalue weighted by atomic mass is 10.0. The van der Waals surface area contributed by atoms with E-state index in [1.165, 1.54) is 12.1 Å². The van der Waals surface area contributed by atoms with E-state index >= 15 is 0 Å². The fourth-order valence-corrected chi connectivity index (χ4v) is 4.14. The Morgan fingerprint density at radius 1 is 0.643 bits per heavy atom. The van der Waals surface area contributed by atoms with Crippen LogP contribution in [0.2, 0.25) is 0 Å². The van der Waals surface area contributed by atoms with Crippen molar-refractivity contribution in [1.82, 2.24) is 9.13 Å². The Kier molecular flexibility index (Phi) is 2.90. The third-order valence-electron chi connectivity index (χ3n) is 5.93. The molecule has 0 unspecified atom stereocenters. The van der Waals surface area contributed by atoms with Crippen LogP contribution in [0, 0.1) is 13.8 Å². The zero-order valence-corrected chi connectivity index (χ0v) is 16.2. The lowest BCUT2D eigenvalue weighted by Gasteiger charge is -2.15. The minimum atomic E-state index is -0.193. The molecule has 5 aromatic rings. The lowest BCUT2D eigenvalue weighted by Crippen LogP contribution is -2.13. The van der Waals surface area contributed by atoms with E-state index in [2.05, 4.69) is 0 Å². The second-order valence-corrected chi connectivity index (χ2v) is 7.49. The summed E-state index contributed by atoms with van der Waals surface area (Å²) in [6.45, 7) is 4.01. The molecule has 0 atom stereocenters. The summed E-state index contributed by atoms with van der Waals surface area (Å²) in [4.78, 5) is 26.6. The van der Waals surface area contributed by atoms with Gasteiger partial charge in [-0.1, -0.05) is 12.1 Å². The predicted molar refractivity (Wildman–Crippen MR) is 116 cm³/mol. The Balaban J connectivity index is 2.06. The van der Waals surface area contributed by atoms with E-state index in [4.69, 9.17) is 2.74 Å². The number of nitrogens with zero attached hydrogens (tertiary/aromatic N) is 2. The first-order chi connectivity index (χ1) is 14.2. The van der Waals surface area contributed by atoms with Crippen LogP contribution in [0.5, 0.6) is 0 Å². The number of aromatic nitrogens is 2. The first-order valence-electron chi connectivity index (χ1n) is 10.2. The number of aryl methyl sites for hydroxylation is 4. The highest BCUT2D eigenvalue weighted by molar-refractivity contribution is 6.03. The normalized spacial score (nSPS) is 12.9. The molecule has 0 aliphatic carbocycles. The molecule has 0 aliphatic rings. The van der Waals surface area contributed by atoms with Crippen LogP contribution in [0.15, 0.2) is 58.1 Å². The minimum Gasteiger partial charge on any atom is -0.343 e. The van der Waals surface area contributed by atoms with Gasteiger partial charge in [-0.25, -0.2) is 0 Å². The first kappa shape index (κ1) is 14.6. The molecule has 138 valence electrons. The van der Waals surface area contributed by atoms with Gasteiger partial charge in [0.1, 0.15) is 0 Å². The van der Waals surface area contributed by atoms with Crippen molar-refractivity contribution in [3.63, 3.8) is 0 Å². The van der Waals surface area contributed by atoms with Crippen molar-refractivity contribution in [1.29, 1.82) is 0 Å². The summed E-state index contributed by atoms with van der Waals surface area (Å²) in [6.07, 6.45) is 0. The fourth-order valence-electron chi connectivity index (χ4n) is 4.14. The number of hydrogen-bond acceptors (Lipinski definition) is 2. The van der Waals surface area contributed by atoms with Crippen molar-refractivity contribution < 1.29 is 2.74 Å². The second kappa shape index (κ2) is 5.55. The molecule has 4 nitrogen and oxygen atoms in total. The van der Waals surface area contributed by atoms with Gasteiger partial charge in [0, 0.05) is 35.6 Å². The lowest BCUT2D eigenvalue weighted by molar-refractivity contribution is 0.992. The van der Waals surface area contributed by atoms with Crippen molar-refractivity contribution in [2.45, 2.75) is 13.8 Å². The summed E-state index contributed by atoms with van der Waals surface area (Å²) >= 11 is 0. The fraction of sp³-hybridized carbons (Fsp3) is 0.167. The number of fused-ring (bicyclic) bond motifs is 4. The highest BCUT2D eigenvalue weighted by atomic mass is 16.1. The second-order valence-electron chi connectivity index (χ2n) is 7.49. The average Bonchev–Trinajstić information content (AvgIpc) is 2.72. The van der Waals surface area contributed by atoms with Gasteiger partial charge in [0.05, 0.1) is 24.8 Å². The SMILES string of the molecule is [2H]c1cc2c(=O)c3cc4c(cc3n(C)c2cc1[2H])c(=O)c1cc(C)c(C)cc1n4C. The van der Waals surface area contributed by atoms with E-state index in [1.54, 1.807) is 12.1 Å². The van der Waals surface area contributed by atoms with Crippen LogP contribution in [0.1, 0.15) is 13.9 Å². The third-order valence-corrected chi connectivity index (χ3v) is 5.93. The zero-order chi connectivity index (χ0) is 21.5. The maximum Gasteiger partial charge on any atom is 0.197 e. The Morgan fingerprint density at radius 3 is 1.79 bits per heavy atom. The largest absolute Gasteiger partial charge is 0.343 e. The van der Waals surface area contributed by atoms with Crippen LogP contribution in [0.25, 0.3) is 43.6 Å². The molecule has 0 radical (unpaired) electrons. The molecule has 2 aromatic heterocycles. The summed E-state index contributed by atoms with van der Waals surface area (Å²) in [5.41, 5.74) is 4.66. The van der Waals surface area contributed by atoms with E-state index in [0.717, 1.165) is 16.6 Å². The number of benzene rings is 3. The molecule has 0 N–H and O–H groups in total. The topological polar surface area (TPSA) is 44.0 Å². The average molecular weight is 370 g/mol. The van der Waals surface area contributed by atoms with Crippen LogP contribution in [0.3, 0.4) is 0 Å². The van der Waals surface area contributed by atoms with Crippen LogP contribution >= 0.6 is 0 Å². The van der Waals surface area contributed by atoms with Gasteiger partial charge in [0.15, 0.2) is 10.9 Å². The number of para-hydroxylation sites is 1. The quantitative estimate of drug-likeness (QED) is 0.381. The number of rotatable bonds is 0. The van der Waals surface area contributed by atoms with Crippen LogP contribution in [-0.4, -0.2) is 9.13 Å². The summed E-state index contributed by atoms with van der Waals surface area (Å²) in [5, 5.41) is 2.11. The Morgan fingerprint density at radius 2 is 1.11 bits per heavy atom. The Labute approximate surface area is 164 Å². The molecule has 0 spiro atoms. The number of pyridine rings is 2. The maximum atomic E-state index is 13.4. The van der Waals surface area contributed by atoms with Crippen LogP contribution in [0.4, 0.5) is 0 Å². The highest BCUT2D eigenvalue weighted by Crippen LogP contribution is 2.26. The smallest absolute Gasteiger partial charge is 0.197 e. The van der Waals surface area contributed by atoms with Crippen LogP contribution in [-0.2, 0) is 14.1 Å². The molecule has 0 amide bonds. The first-order valence-corrected chi connectivity index (χ1v) is 9.16. The summed E-state index contributed by atoms with van der Waals surface area (Å²) in [6, 6.07) is 10.6. The van der Waals surface area contributed by atoms with Gasteiger partial charge < -0.3 is 9.13 Å². The zero-order valence-electron chi connectivity index (χ0n) is 18.2. The predicted octanol–water partition coefficient (Wildman–Crippen LogP) is 4.31. The highest BCUT2D eigenvalue weighted by Gasteiger charge is 2.15. The molecule has 0 saturated heterocycles. The molecule has 4 heteroatoms. The monoisotopic (exact) mass is 370 g/mol. The van der Waals surface area contributed by atoms with Crippen LogP contribution < -0.4 is 10.9 Å². The molecule has 2 heterocycles. The summed E-state index contributed by atoms with van der Waals surface area (Å²) < 4.78 is 19.6. The van der Waals surface area contributed by atoms with E-state index in [0.29, 0.717) is 38.1 Å². The molecule has 0 saturated carbocycles. The molecule has 5 rings (SSSR count). The standard InChI is InChI=1S/C24H20N2O2/c1-13-9-16-20(10-14(13)2)26(4)22-11-17-21(12-18(22)24(16)28)25(3)19-8-6-5-7-15(19)23(17)27/h5-12H,1-4H3/i5D,6D. The van der Waals surface area contributed by atoms with E-state index in [-0.39, 0.29) is 22.9 Å². The number of hydrogen-bond donors (Lipinski definition) is 0. The van der Waals surface area contributed by atoms with Crippen molar-refractivity contribution >= 4 is 43.6 Å². The Hall–Kier alpha value is -3.40. The minimum absolute atomic E-state index is 0.0176. The molecule has 3 aromatic carbocycles. The third kappa shape index (κ3) is 2.06. The van der Waals surface area contributed by atoms with Gasteiger partial charge in [-0.05, 0) is 61.4 Å². The molecule has 0 fully saturated rings. The Bertz CT molecular complexity index is 1570. The van der Waals surface area contributed by atoms with Gasteiger partial charge in [0.25, 0.3) is 0 Å². The molecule has 28 heavy (non-hydrogen) atoms. The molecular weight excluding hydrogens is 348 g/mol.